The number of nitrogens with one attached hydrogen (secondary N) is 1. The van der Waals surface area contributed by atoms with Gasteiger partial charge in [0.15, 0.2) is 0 Å². The van der Waals surface area contributed by atoms with Crippen LogP contribution in [0.5, 0.6) is 0 Å². The van der Waals surface area contributed by atoms with Gasteiger partial charge in [-0.15, -0.1) is 0 Å². The quantitative estimate of drug-likeness (QED) is 0.190. The van der Waals surface area contributed by atoms with E-state index < -0.39 is 23.2 Å². The number of rotatable bonds is 10. The van der Waals surface area contributed by atoms with Gasteiger partial charge in [-0.25, -0.2) is 8.78 Å². The summed E-state index contributed by atoms with van der Waals surface area (Å²) in [6.07, 6.45) is -3.65. The zero-order valence-electron chi connectivity index (χ0n) is 23.0. The molecule has 0 saturated carbocycles. The molecular formula is C35H32F5N. The topological polar surface area (TPSA) is 12.0 Å². The summed E-state index contributed by atoms with van der Waals surface area (Å²) in [4.78, 5) is 0. The van der Waals surface area contributed by atoms with E-state index in [9.17, 15) is 22.0 Å². The Bertz CT molecular complexity index is 1460. The molecule has 0 aromatic heterocycles. The first kappa shape index (κ1) is 29.8. The van der Waals surface area contributed by atoms with Gasteiger partial charge in [-0.3, -0.25) is 0 Å². The molecule has 1 unspecified atom stereocenters. The van der Waals surface area contributed by atoms with Crippen LogP contribution in [0.15, 0.2) is 116 Å². The zero-order valence-corrected chi connectivity index (χ0v) is 23.0. The van der Waals surface area contributed by atoms with Gasteiger partial charge in [0.1, 0.15) is 0 Å². The van der Waals surface area contributed by atoms with Gasteiger partial charge in [0, 0.05) is 24.6 Å². The number of alkyl halides is 5. The summed E-state index contributed by atoms with van der Waals surface area (Å²) in [6.45, 7) is 11.1. The maximum Gasteiger partial charge on any atom is 0.416 e. The normalized spacial score (nSPS) is 13.3. The molecule has 0 aliphatic rings. The molecule has 0 radical (unpaired) electrons. The highest BCUT2D eigenvalue weighted by atomic mass is 19.4. The smallest absolute Gasteiger partial charge is 0.371 e. The van der Waals surface area contributed by atoms with Gasteiger partial charge in [-0.1, -0.05) is 105 Å². The Morgan fingerprint density at radius 2 is 1.17 bits per heavy atom. The van der Waals surface area contributed by atoms with Crippen molar-refractivity contribution in [2.24, 2.45) is 0 Å². The van der Waals surface area contributed by atoms with E-state index >= 15 is 0 Å². The van der Waals surface area contributed by atoms with E-state index in [-0.39, 0.29) is 17.5 Å². The van der Waals surface area contributed by atoms with Gasteiger partial charge < -0.3 is 5.32 Å². The molecule has 1 nitrogen and oxygen atoms in total. The molecular weight excluding hydrogens is 529 g/mol. The van der Waals surface area contributed by atoms with Crippen molar-refractivity contribution in [3.8, 4) is 0 Å². The van der Waals surface area contributed by atoms with Crippen molar-refractivity contribution in [3.63, 3.8) is 0 Å². The SMILES string of the molecule is C=C(CC)c1ccc(C(=C)NC(Cc2ccccc2)(c2cccc(C(C)(F)F)c2)c2cccc(C(F)(F)F)c2)cc1. The Hall–Kier alpha value is -4.19. The van der Waals surface area contributed by atoms with Crippen LogP contribution in [-0.4, -0.2) is 0 Å². The highest BCUT2D eigenvalue weighted by Gasteiger charge is 2.39. The second kappa shape index (κ2) is 11.7. The highest BCUT2D eigenvalue weighted by molar-refractivity contribution is 5.69. The lowest BCUT2D eigenvalue weighted by molar-refractivity contribution is -0.137. The van der Waals surface area contributed by atoms with Crippen LogP contribution < -0.4 is 5.32 Å². The van der Waals surface area contributed by atoms with Crippen LogP contribution in [-0.2, 0) is 24.1 Å². The van der Waals surface area contributed by atoms with E-state index in [2.05, 4.69) is 18.5 Å². The fourth-order valence-electron chi connectivity index (χ4n) is 4.92. The van der Waals surface area contributed by atoms with Crippen molar-refractivity contribution < 1.29 is 22.0 Å². The van der Waals surface area contributed by atoms with Crippen molar-refractivity contribution in [1.82, 2.24) is 5.32 Å². The van der Waals surface area contributed by atoms with Gasteiger partial charge in [0.05, 0.1) is 11.1 Å². The van der Waals surface area contributed by atoms with Crippen molar-refractivity contribution in [2.45, 2.75) is 44.3 Å². The molecule has 4 aromatic carbocycles. The molecule has 0 spiro atoms. The molecule has 41 heavy (non-hydrogen) atoms. The minimum atomic E-state index is -4.60. The van der Waals surface area contributed by atoms with Gasteiger partial charge in [-0.2, -0.15) is 13.2 Å². The Morgan fingerprint density at radius 3 is 1.71 bits per heavy atom. The summed E-state index contributed by atoms with van der Waals surface area (Å²) in [5, 5.41) is 3.42. The van der Waals surface area contributed by atoms with E-state index in [0.29, 0.717) is 16.8 Å². The molecule has 0 aliphatic heterocycles. The summed E-state index contributed by atoms with van der Waals surface area (Å²) >= 11 is 0. The molecule has 0 saturated heterocycles. The summed E-state index contributed by atoms with van der Waals surface area (Å²) in [5.74, 6) is -3.16. The second-order valence-corrected chi connectivity index (χ2v) is 10.3. The molecule has 1 N–H and O–H groups in total. The van der Waals surface area contributed by atoms with Crippen molar-refractivity contribution in [3.05, 3.63) is 155 Å². The number of hydrogen-bond acceptors (Lipinski definition) is 1. The molecule has 0 aliphatic carbocycles. The molecule has 0 fully saturated rings. The summed E-state index contributed by atoms with van der Waals surface area (Å²) in [6, 6.07) is 27.6. The molecule has 1 atom stereocenters. The van der Waals surface area contributed by atoms with Crippen LogP contribution in [0.1, 0.15) is 59.2 Å². The lowest BCUT2D eigenvalue weighted by Gasteiger charge is -2.39. The van der Waals surface area contributed by atoms with Crippen molar-refractivity contribution in [2.75, 3.05) is 0 Å². The maximum absolute atomic E-state index is 14.5. The summed E-state index contributed by atoms with van der Waals surface area (Å²) in [7, 11) is 0. The number of allylic oxidation sites excluding steroid dienone is 1. The Kier molecular flexibility index (Phi) is 8.52. The van der Waals surface area contributed by atoms with E-state index in [1.807, 2.05) is 61.5 Å². The first-order valence-electron chi connectivity index (χ1n) is 13.3. The molecule has 4 rings (SSSR count). The van der Waals surface area contributed by atoms with Crippen LogP contribution in [0, 0.1) is 0 Å². The van der Waals surface area contributed by atoms with Crippen molar-refractivity contribution >= 4 is 11.3 Å². The van der Waals surface area contributed by atoms with E-state index in [4.69, 9.17) is 0 Å². The third-order valence-electron chi connectivity index (χ3n) is 7.29. The van der Waals surface area contributed by atoms with Crippen LogP contribution in [0.2, 0.25) is 0 Å². The Morgan fingerprint density at radius 1 is 0.659 bits per heavy atom. The lowest BCUT2D eigenvalue weighted by atomic mass is 9.76. The van der Waals surface area contributed by atoms with E-state index in [1.165, 1.54) is 24.3 Å². The molecule has 0 heterocycles. The molecule has 6 heteroatoms. The van der Waals surface area contributed by atoms with E-state index in [1.54, 1.807) is 12.1 Å². The van der Waals surface area contributed by atoms with Gasteiger partial charge in [0.2, 0.25) is 0 Å². The van der Waals surface area contributed by atoms with E-state index in [0.717, 1.165) is 42.2 Å². The van der Waals surface area contributed by atoms with Crippen LogP contribution in [0.25, 0.3) is 11.3 Å². The molecule has 4 aromatic rings. The fourth-order valence-corrected chi connectivity index (χ4v) is 4.92. The lowest BCUT2D eigenvalue weighted by Crippen LogP contribution is -2.44. The average Bonchev–Trinajstić information content (AvgIpc) is 2.96. The summed E-state index contributed by atoms with van der Waals surface area (Å²) < 4.78 is 70.8. The Labute approximate surface area is 238 Å². The third-order valence-corrected chi connectivity index (χ3v) is 7.29. The Balaban J connectivity index is 1.95. The fraction of sp³-hybridized carbons (Fsp3) is 0.200. The molecule has 0 bridgehead atoms. The zero-order chi connectivity index (χ0) is 29.8. The molecule has 212 valence electrons. The number of halogens is 5. The van der Waals surface area contributed by atoms with Gasteiger partial charge in [0.25, 0.3) is 5.92 Å². The number of benzene rings is 4. The van der Waals surface area contributed by atoms with Crippen LogP contribution in [0.3, 0.4) is 0 Å². The molecule has 0 amide bonds. The van der Waals surface area contributed by atoms with Gasteiger partial charge >= 0.3 is 6.18 Å². The minimum Gasteiger partial charge on any atom is -0.371 e. The average molecular weight is 562 g/mol. The summed E-state index contributed by atoms with van der Waals surface area (Å²) in [5.41, 5.74) is 2.07. The van der Waals surface area contributed by atoms with Crippen LogP contribution in [0.4, 0.5) is 22.0 Å². The predicted octanol–water partition coefficient (Wildman–Crippen LogP) is 9.99. The maximum atomic E-state index is 14.5. The van der Waals surface area contributed by atoms with Crippen LogP contribution >= 0.6 is 0 Å². The standard InChI is InChI=1S/C35H32F5N/c1-5-24(2)27-17-19-28(20-18-27)25(3)41-34(23-26-11-7-6-8-12-26,30-14-9-13-29(21-30)33(4,36)37)31-15-10-16-32(22-31)35(38,39)40/h6-22,41H,2-3,5,23H2,1,4H3. The number of hydrogen-bond donors (Lipinski definition) is 1. The first-order valence-corrected chi connectivity index (χ1v) is 13.3. The first-order chi connectivity index (χ1) is 19.3. The highest BCUT2D eigenvalue weighted by Crippen LogP contribution is 2.40. The monoisotopic (exact) mass is 561 g/mol. The van der Waals surface area contributed by atoms with Crippen molar-refractivity contribution in [1.29, 1.82) is 0 Å². The van der Waals surface area contributed by atoms with Gasteiger partial charge in [-0.05, 0) is 58.0 Å². The largest absolute Gasteiger partial charge is 0.416 e. The second-order valence-electron chi connectivity index (χ2n) is 10.3. The predicted molar refractivity (Wildman–Crippen MR) is 156 cm³/mol. The third kappa shape index (κ3) is 6.76. The minimum absolute atomic E-state index is 0.164.